The molecule has 156 valence electrons. The van der Waals surface area contributed by atoms with Gasteiger partial charge in [-0.2, -0.15) is 0 Å². The van der Waals surface area contributed by atoms with Crippen LogP contribution in [-0.4, -0.2) is 21.8 Å². The molecule has 1 aromatic heterocycles. The Morgan fingerprint density at radius 2 is 1.56 bits per heavy atom. The van der Waals surface area contributed by atoms with Crippen LogP contribution in [-0.2, 0) is 9.59 Å². The van der Waals surface area contributed by atoms with Crippen LogP contribution in [0.4, 0.5) is 5.69 Å². The number of rotatable bonds is 3. The molecule has 1 saturated heterocycles. The van der Waals surface area contributed by atoms with Gasteiger partial charge in [-0.25, -0.2) is 0 Å². The Bertz CT molecular complexity index is 1380. The summed E-state index contributed by atoms with van der Waals surface area (Å²) in [6, 6.07) is 23.0. The number of aromatic nitrogens is 1. The van der Waals surface area contributed by atoms with Gasteiger partial charge in [0.05, 0.1) is 17.3 Å². The van der Waals surface area contributed by atoms with Crippen LogP contribution >= 0.6 is 15.9 Å². The molecule has 1 atom stereocenters. The number of carbonyl (C=O) groups is 2. The average Bonchev–Trinajstić information content (AvgIpc) is 3.09. The molecule has 1 N–H and O–H groups in total. The molecule has 1 unspecified atom stereocenters. The molecule has 32 heavy (non-hydrogen) atoms. The fourth-order valence-electron chi connectivity index (χ4n) is 4.12. The largest absolute Gasteiger partial charge is 0.507 e. The summed E-state index contributed by atoms with van der Waals surface area (Å²) in [5.41, 5.74) is 1.81. The quantitative estimate of drug-likeness (QED) is 0.232. The molecule has 5 rings (SSSR count). The van der Waals surface area contributed by atoms with Crippen LogP contribution in [0, 0.1) is 0 Å². The Kier molecular flexibility index (Phi) is 5.07. The molecule has 6 heteroatoms. The second-order valence-corrected chi connectivity index (χ2v) is 8.37. The van der Waals surface area contributed by atoms with Crippen molar-refractivity contribution in [1.29, 1.82) is 0 Å². The van der Waals surface area contributed by atoms with Crippen LogP contribution in [0.5, 0.6) is 0 Å². The van der Waals surface area contributed by atoms with Gasteiger partial charge in [-0.05, 0) is 41.3 Å². The fraction of sp³-hybridized carbons (Fsp3) is 0.0385. The molecule has 0 radical (unpaired) electrons. The van der Waals surface area contributed by atoms with Gasteiger partial charge in [0, 0.05) is 27.8 Å². The third-order valence-corrected chi connectivity index (χ3v) is 6.14. The third kappa shape index (κ3) is 3.29. The van der Waals surface area contributed by atoms with E-state index in [1.807, 2.05) is 42.5 Å². The van der Waals surface area contributed by atoms with E-state index in [2.05, 4.69) is 20.9 Å². The number of amides is 1. The summed E-state index contributed by atoms with van der Waals surface area (Å²) in [5.74, 6) is -1.61. The van der Waals surface area contributed by atoms with Crippen molar-refractivity contribution in [2.45, 2.75) is 6.04 Å². The molecule has 0 saturated carbocycles. The molecule has 4 aromatic rings. The topological polar surface area (TPSA) is 70.5 Å². The van der Waals surface area contributed by atoms with E-state index in [1.54, 1.807) is 48.8 Å². The lowest BCUT2D eigenvalue weighted by atomic mass is 9.95. The number of anilines is 1. The molecule has 0 aliphatic carbocycles. The number of aliphatic hydroxyl groups is 1. The first-order chi connectivity index (χ1) is 15.6. The highest BCUT2D eigenvalue weighted by atomic mass is 79.9. The van der Waals surface area contributed by atoms with Crippen molar-refractivity contribution in [2.24, 2.45) is 0 Å². The highest BCUT2D eigenvalue weighted by molar-refractivity contribution is 9.10. The number of aliphatic hydroxyl groups excluding tert-OH is 1. The highest BCUT2D eigenvalue weighted by Gasteiger charge is 2.47. The molecule has 3 aromatic carbocycles. The zero-order chi connectivity index (χ0) is 22.2. The van der Waals surface area contributed by atoms with Gasteiger partial charge >= 0.3 is 0 Å². The summed E-state index contributed by atoms with van der Waals surface area (Å²) in [6.45, 7) is 0. The van der Waals surface area contributed by atoms with Gasteiger partial charge in [-0.15, -0.1) is 0 Å². The highest BCUT2D eigenvalue weighted by Crippen LogP contribution is 2.44. The van der Waals surface area contributed by atoms with Crippen molar-refractivity contribution in [2.75, 3.05) is 4.90 Å². The lowest BCUT2D eigenvalue weighted by molar-refractivity contribution is -0.132. The number of benzene rings is 3. The Labute approximate surface area is 192 Å². The molecule has 5 nitrogen and oxygen atoms in total. The normalized spacial score (nSPS) is 17.8. The van der Waals surface area contributed by atoms with Gasteiger partial charge in [-0.3, -0.25) is 19.5 Å². The monoisotopic (exact) mass is 484 g/mol. The molecule has 2 heterocycles. The predicted molar refractivity (Wildman–Crippen MR) is 127 cm³/mol. The molecule has 1 amide bonds. The van der Waals surface area contributed by atoms with Crippen LogP contribution in [0.3, 0.4) is 0 Å². The van der Waals surface area contributed by atoms with Crippen LogP contribution in [0.15, 0.2) is 101 Å². The Balaban J connectivity index is 1.77. The number of nitrogens with zero attached hydrogens (tertiary/aromatic N) is 2. The second kappa shape index (κ2) is 8.05. The smallest absolute Gasteiger partial charge is 0.300 e. The van der Waals surface area contributed by atoms with Crippen LogP contribution < -0.4 is 4.90 Å². The maximum atomic E-state index is 13.3. The van der Waals surface area contributed by atoms with Crippen molar-refractivity contribution >= 4 is 49.8 Å². The zero-order valence-electron chi connectivity index (χ0n) is 16.8. The first-order valence-corrected chi connectivity index (χ1v) is 10.8. The number of ketones is 1. The van der Waals surface area contributed by atoms with Crippen molar-refractivity contribution in [3.63, 3.8) is 0 Å². The van der Waals surface area contributed by atoms with E-state index in [0.717, 1.165) is 15.2 Å². The predicted octanol–water partition coefficient (Wildman–Crippen LogP) is 5.62. The minimum Gasteiger partial charge on any atom is -0.507 e. The summed E-state index contributed by atoms with van der Waals surface area (Å²) in [7, 11) is 0. The van der Waals surface area contributed by atoms with E-state index >= 15 is 0 Å². The molecule has 0 bridgehead atoms. The number of Topliss-reactive ketones (excluding diaryl/α,β-unsaturated/α-hetero) is 1. The fourth-order valence-corrected chi connectivity index (χ4v) is 4.39. The minimum absolute atomic E-state index is 0.0523. The van der Waals surface area contributed by atoms with Gasteiger partial charge in [0.15, 0.2) is 0 Å². The lowest BCUT2D eigenvalue weighted by Gasteiger charge is -2.26. The molecular weight excluding hydrogens is 468 g/mol. The van der Waals surface area contributed by atoms with E-state index in [-0.39, 0.29) is 11.3 Å². The summed E-state index contributed by atoms with van der Waals surface area (Å²) in [4.78, 5) is 32.1. The zero-order valence-corrected chi connectivity index (χ0v) is 18.4. The maximum absolute atomic E-state index is 13.3. The molecule has 1 aliphatic heterocycles. The molecule has 1 fully saturated rings. The lowest BCUT2D eigenvalue weighted by Crippen LogP contribution is -2.29. The number of pyridine rings is 1. The minimum atomic E-state index is -0.785. The summed E-state index contributed by atoms with van der Waals surface area (Å²) in [6.07, 6.45) is 3.22. The number of fused-ring (bicyclic) bond motifs is 1. The standard InChI is InChI=1S/C26H17BrN2O3/c27-19-10-8-18(9-11-19)24(30)22-23(17-12-14-28-15-13-17)29(26(32)25(22)31)21-7-3-5-16-4-1-2-6-20(16)21/h1-15,23,30H/b24-22+. The van der Waals surface area contributed by atoms with Gasteiger partial charge in [0.25, 0.3) is 11.7 Å². The molecule has 0 spiro atoms. The first kappa shape index (κ1) is 20.2. The molecular formula is C26H17BrN2O3. The number of carbonyl (C=O) groups excluding carboxylic acids is 2. The van der Waals surface area contributed by atoms with E-state index in [9.17, 15) is 14.7 Å². The van der Waals surface area contributed by atoms with Crippen molar-refractivity contribution < 1.29 is 14.7 Å². The van der Waals surface area contributed by atoms with Gasteiger partial charge in [0.1, 0.15) is 5.76 Å². The number of hydrogen-bond acceptors (Lipinski definition) is 4. The Morgan fingerprint density at radius 3 is 2.31 bits per heavy atom. The van der Waals surface area contributed by atoms with E-state index in [4.69, 9.17) is 0 Å². The average molecular weight is 485 g/mol. The van der Waals surface area contributed by atoms with Crippen molar-refractivity contribution in [3.8, 4) is 0 Å². The third-order valence-electron chi connectivity index (χ3n) is 5.61. The van der Waals surface area contributed by atoms with Gasteiger partial charge < -0.3 is 5.11 Å². The maximum Gasteiger partial charge on any atom is 0.300 e. The molecule has 1 aliphatic rings. The van der Waals surface area contributed by atoms with Gasteiger partial charge in [-0.1, -0.05) is 64.5 Å². The summed E-state index contributed by atoms with van der Waals surface area (Å²) in [5, 5.41) is 13.0. The van der Waals surface area contributed by atoms with Crippen molar-refractivity contribution in [3.05, 3.63) is 112 Å². The Hall–Kier alpha value is -3.77. The van der Waals surface area contributed by atoms with E-state index < -0.39 is 17.7 Å². The number of halogens is 1. The van der Waals surface area contributed by atoms with E-state index in [0.29, 0.717) is 16.8 Å². The van der Waals surface area contributed by atoms with E-state index in [1.165, 1.54) is 4.90 Å². The van der Waals surface area contributed by atoms with Crippen LogP contribution in [0.2, 0.25) is 0 Å². The van der Waals surface area contributed by atoms with Crippen molar-refractivity contribution in [1.82, 2.24) is 4.98 Å². The number of hydrogen-bond donors (Lipinski definition) is 1. The van der Waals surface area contributed by atoms with Crippen LogP contribution in [0.25, 0.3) is 16.5 Å². The second-order valence-electron chi connectivity index (χ2n) is 7.45. The SMILES string of the molecule is O=C1C(=O)N(c2cccc3ccccc23)C(c2ccncc2)/C1=C(\O)c1ccc(Br)cc1. The van der Waals surface area contributed by atoms with Crippen LogP contribution in [0.1, 0.15) is 17.2 Å². The summed E-state index contributed by atoms with van der Waals surface area (Å²) < 4.78 is 0.843. The Morgan fingerprint density at radius 1 is 0.875 bits per heavy atom. The summed E-state index contributed by atoms with van der Waals surface area (Å²) >= 11 is 3.38. The first-order valence-electron chi connectivity index (χ1n) is 10.0. The van der Waals surface area contributed by atoms with Gasteiger partial charge in [0.2, 0.25) is 0 Å².